The molecule has 76 valence electrons. The van der Waals surface area contributed by atoms with Gasteiger partial charge in [-0.3, -0.25) is 4.79 Å². The van der Waals surface area contributed by atoms with E-state index in [2.05, 4.69) is 19.1 Å². The number of nitrogens with zero attached hydrogens (tertiary/aromatic N) is 1. The van der Waals surface area contributed by atoms with Crippen molar-refractivity contribution in [3.8, 4) is 0 Å². The molecule has 0 aromatic carbocycles. The lowest BCUT2D eigenvalue weighted by Gasteiger charge is -2.13. The van der Waals surface area contributed by atoms with Crippen LogP contribution in [0.2, 0.25) is 0 Å². The Morgan fingerprint density at radius 2 is 2.43 bits per heavy atom. The van der Waals surface area contributed by atoms with Gasteiger partial charge >= 0.3 is 0 Å². The number of likely N-dealkylation sites (tertiary alicyclic amines) is 1. The Hall–Kier alpha value is -0.540. The molecule has 2 heterocycles. The van der Waals surface area contributed by atoms with Gasteiger partial charge in [0.05, 0.1) is 11.9 Å². The highest BCUT2D eigenvalue weighted by atomic mass is 35.5. The Balaban J connectivity index is 2.01. The third kappa shape index (κ3) is 2.10. The molecule has 2 rings (SSSR count). The second-order valence-corrected chi connectivity index (χ2v) is 5.58. The fourth-order valence-electron chi connectivity index (χ4n) is 1.64. The summed E-state index contributed by atoms with van der Waals surface area (Å²) >= 11 is 7.66. The average Bonchev–Trinajstić information content (AvgIpc) is 2.61. The Morgan fingerprint density at radius 3 is 2.93 bits per heavy atom. The Kier molecular flexibility index (Phi) is 2.79. The maximum absolute atomic E-state index is 11.4. The average molecular weight is 230 g/mol. The fraction of sp³-hybridized carbons (Fsp3) is 0.500. The summed E-state index contributed by atoms with van der Waals surface area (Å²) in [4.78, 5) is 15.8. The molecule has 1 aromatic heterocycles. The van der Waals surface area contributed by atoms with Crippen LogP contribution in [-0.4, -0.2) is 22.7 Å². The van der Waals surface area contributed by atoms with Gasteiger partial charge in [-0.25, -0.2) is 0 Å². The zero-order valence-corrected chi connectivity index (χ0v) is 9.57. The molecule has 0 spiro atoms. The van der Waals surface area contributed by atoms with Crippen molar-refractivity contribution in [3.05, 3.63) is 21.9 Å². The predicted octanol–water partition coefficient (Wildman–Crippen LogP) is 2.40. The largest absolute Gasteiger partial charge is 0.336 e. The van der Waals surface area contributed by atoms with E-state index >= 15 is 0 Å². The van der Waals surface area contributed by atoms with Gasteiger partial charge in [-0.2, -0.15) is 0 Å². The van der Waals surface area contributed by atoms with Crippen molar-refractivity contribution in [2.45, 2.75) is 25.3 Å². The molecule has 0 aliphatic carbocycles. The number of aryl methyl sites for hydroxylation is 1. The van der Waals surface area contributed by atoms with Crippen LogP contribution in [0.15, 0.2) is 12.1 Å². The van der Waals surface area contributed by atoms with Crippen molar-refractivity contribution in [2.75, 3.05) is 6.54 Å². The van der Waals surface area contributed by atoms with Crippen LogP contribution in [0, 0.1) is 6.92 Å². The molecule has 1 unspecified atom stereocenters. The van der Waals surface area contributed by atoms with E-state index in [1.807, 2.05) is 4.90 Å². The first-order chi connectivity index (χ1) is 6.65. The summed E-state index contributed by atoms with van der Waals surface area (Å²) in [6, 6.07) is 4.16. The van der Waals surface area contributed by atoms with Gasteiger partial charge in [0.1, 0.15) is 0 Å². The standard InChI is InChI=1S/C10H12ClNOS/c1-7-2-3-9(14-7)6-12-5-8(11)4-10(12)13/h2-3,8H,4-6H2,1H3. The number of alkyl halides is 1. The molecule has 1 amide bonds. The van der Waals surface area contributed by atoms with E-state index in [0.717, 1.165) is 6.54 Å². The van der Waals surface area contributed by atoms with Gasteiger partial charge in [0.2, 0.25) is 5.91 Å². The molecule has 14 heavy (non-hydrogen) atoms. The van der Waals surface area contributed by atoms with Crippen molar-refractivity contribution in [3.63, 3.8) is 0 Å². The van der Waals surface area contributed by atoms with Crippen LogP contribution in [0.4, 0.5) is 0 Å². The summed E-state index contributed by atoms with van der Waals surface area (Å²) in [5.41, 5.74) is 0. The lowest BCUT2D eigenvalue weighted by molar-refractivity contribution is -0.128. The molecular formula is C10H12ClNOS. The number of thiophene rings is 1. The minimum atomic E-state index is 0.00330. The summed E-state index contributed by atoms with van der Waals surface area (Å²) in [6.45, 7) is 3.49. The highest BCUT2D eigenvalue weighted by molar-refractivity contribution is 7.11. The monoisotopic (exact) mass is 229 g/mol. The van der Waals surface area contributed by atoms with Gasteiger partial charge < -0.3 is 4.90 Å². The summed E-state index contributed by atoms with van der Waals surface area (Å²) in [5.74, 6) is 0.177. The Bertz CT molecular complexity index is 350. The van der Waals surface area contributed by atoms with Crippen LogP contribution in [0.3, 0.4) is 0 Å². The fourth-order valence-corrected chi connectivity index (χ4v) is 2.84. The second kappa shape index (κ2) is 3.91. The lowest BCUT2D eigenvalue weighted by atomic mass is 10.4. The summed E-state index contributed by atoms with van der Waals surface area (Å²) in [6.07, 6.45) is 0.492. The van der Waals surface area contributed by atoms with Crippen LogP contribution in [0.25, 0.3) is 0 Å². The van der Waals surface area contributed by atoms with Gasteiger partial charge in [0, 0.05) is 22.7 Å². The molecule has 0 bridgehead atoms. The zero-order valence-electron chi connectivity index (χ0n) is 8.00. The Morgan fingerprint density at radius 1 is 1.64 bits per heavy atom. The summed E-state index contributed by atoms with van der Waals surface area (Å²) in [7, 11) is 0. The number of amides is 1. The van der Waals surface area contributed by atoms with Crippen LogP contribution >= 0.6 is 22.9 Å². The third-order valence-corrected chi connectivity index (χ3v) is 3.59. The van der Waals surface area contributed by atoms with E-state index in [1.54, 1.807) is 11.3 Å². The minimum Gasteiger partial charge on any atom is -0.336 e. The summed E-state index contributed by atoms with van der Waals surface area (Å²) < 4.78 is 0. The van der Waals surface area contributed by atoms with Crippen molar-refractivity contribution in [2.24, 2.45) is 0 Å². The zero-order chi connectivity index (χ0) is 10.1. The first-order valence-electron chi connectivity index (χ1n) is 4.62. The number of carbonyl (C=O) groups is 1. The third-order valence-electron chi connectivity index (χ3n) is 2.31. The van der Waals surface area contributed by atoms with Crippen LogP contribution in [0.1, 0.15) is 16.2 Å². The normalized spacial score (nSPS) is 22.0. The number of hydrogen-bond acceptors (Lipinski definition) is 2. The lowest BCUT2D eigenvalue weighted by Crippen LogP contribution is -2.24. The molecule has 1 aromatic rings. The van der Waals surface area contributed by atoms with E-state index in [1.165, 1.54) is 9.75 Å². The molecule has 4 heteroatoms. The quantitative estimate of drug-likeness (QED) is 0.714. The molecule has 0 N–H and O–H groups in total. The first-order valence-corrected chi connectivity index (χ1v) is 5.87. The molecule has 1 aliphatic rings. The topological polar surface area (TPSA) is 20.3 Å². The van der Waals surface area contributed by atoms with Gasteiger partial charge in [0.15, 0.2) is 0 Å². The van der Waals surface area contributed by atoms with Crippen molar-refractivity contribution >= 4 is 28.8 Å². The molecule has 0 radical (unpaired) electrons. The molecule has 1 fully saturated rings. The van der Waals surface area contributed by atoms with Crippen LogP contribution < -0.4 is 0 Å². The van der Waals surface area contributed by atoms with E-state index in [0.29, 0.717) is 13.0 Å². The number of hydrogen-bond donors (Lipinski definition) is 0. The van der Waals surface area contributed by atoms with Crippen LogP contribution in [-0.2, 0) is 11.3 Å². The molecular weight excluding hydrogens is 218 g/mol. The predicted molar refractivity (Wildman–Crippen MR) is 58.7 cm³/mol. The molecule has 1 atom stereocenters. The van der Waals surface area contributed by atoms with E-state index in [9.17, 15) is 4.79 Å². The van der Waals surface area contributed by atoms with Crippen molar-refractivity contribution < 1.29 is 4.79 Å². The maximum atomic E-state index is 11.4. The van der Waals surface area contributed by atoms with Gasteiger partial charge in [0.25, 0.3) is 0 Å². The molecule has 0 saturated carbocycles. The number of carbonyl (C=O) groups excluding carboxylic acids is 1. The van der Waals surface area contributed by atoms with Gasteiger partial charge in [-0.05, 0) is 19.1 Å². The van der Waals surface area contributed by atoms with Crippen LogP contribution in [0.5, 0.6) is 0 Å². The maximum Gasteiger partial charge on any atom is 0.224 e. The molecule has 1 saturated heterocycles. The second-order valence-electron chi connectivity index (χ2n) is 3.59. The summed E-state index contributed by atoms with van der Waals surface area (Å²) in [5, 5.41) is 0.00330. The SMILES string of the molecule is Cc1ccc(CN2CC(Cl)CC2=O)s1. The van der Waals surface area contributed by atoms with E-state index < -0.39 is 0 Å². The van der Waals surface area contributed by atoms with Crippen molar-refractivity contribution in [1.82, 2.24) is 4.90 Å². The number of halogens is 1. The van der Waals surface area contributed by atoms with E-state index in [4.69, 9.17) is 11.6 Å². The smallest absolute Gasteiger partial charge is 0.224 e. The molecule has 1 aliphatic heterocycles. The minimum absolute atomic E-state index is 0.00330. The number of rotatable bonds is 2. The van der Waals surface area contributed by atoms with Gasteiger partial charge in [-0.15, -0.1) is 22.9 Å². The Labute approximate surface area is 92.5 Å². The molecule has 2 nitrogen and oxygen atoms in total. The first kappa shape index (κ1) is 9.99. The highest BCUT2D eigenvalue weighted by Gasteiger charge is 2.27. The van der Waals surface area contributed by atoms with E-state index in [-0.39, 0.29) is 11.3 Å². The van der Waals surface area contributed by atoms with Gasteiger partial charge in [-0.1, -0.05) is 0 Å². The van der Waals surface area contributed by atoms with Crippen molar-refractivity contribution in [1.29, 1.82) is 0 Å². The highest BCUT2D eigenvalue weighted by Crippen LogP contribution is 2.22.